The van der Waals surface area contributed by atoms with Crippen LogP contribution in [-0.4, -0.2) is 78.9 Å². The molecule has 1 heterocycles. The molecule has 40 heavy (non-hydrogen) atoms. The number of halogens is 4. The van der Waals surface area contributed by atoms with Crippen molar-refractivity contribution in [2.24, 2.45) is 0 Å². The fourth-order valence-electron chi connectivity index (χ4n) is 2.91. The van der Waals surface area contributed by atoms with Crippen LogP contribution in [0.15, 0.2) is 72.8 Å². The zero-order chi connectivity index (χ0) is 26.6. The second kappa shape index (κ2) is 30.2. The Morgan fingerprint density at radius 1 is 0.625 bits per heavy atom. The second-order valence-corrected chi connectivity index (χ2v) is 8.56. The van der Waals surface area contributed by atoms with Crippen molar-refractivity contribution in [2.45, 2.75) is 27.7 Å². The van der Waals surface area contributed by atoms with Crippen LogP contribution in [-0.2, 0) is 23.4 Å². The van der Waals surface area contributed by atoms with E-state index in [9.17, 15) is 0 Å². The zero-order valence-electron chi connectivity index (χ0n) is 22.2. The average molecular weight is 689 g/mol. The molecular weight excluding hydrogens is 648 g/mol. The summed E-state index contributed by atoms with van der Waals surface area (Å²) in [4.78, 5) is 0. The molecule has 0 bridgehead atoms. The van der Waals surface area contributed by atoms with Crippen molar-refractivity contribution < 1.29 is 40.3 Å². The van der Waals surface area contributed by atoms with E-state index >= 15 is 0 Å². The number of rotatable bonds is 6. The van der Waals surface area contributed by atoms with Gasteiger partial charge in [-0.2, -0.15) is 30.3 Å². The molecule has 1 aliphatic heterocycles. The molecule has 0 spiro atoms. The second-order valence-electron chi connectivity index (χ2n) is 7.25. The van der Waals surface area contributed by atoms with E-state index in [-0.39, 0.29) is 61.8 Å². The third-order valence-corrected chi connectivity index (χ3v) is 5.42. The molecule has 0 saturated carbocycles. The van der Waals surface area contributed by atoms with Gasteiger partial charge in [-0.1, -0.05) is 67.3 Å². The van der Waals surface area contributed by atoms with Gasteiger partial charge in [0.05, 0.1) is 0 Å². The topological polar surface area (TPSA) is 46.2 Å². The van der Waals surface area contributed by atoms with Crippen LogP contribution < -0.4 is 27.9 Å². The van der Waals surface area contributed by atoms with Gasteiger partial charge in [0, 0.05) is 51.7 Å². The van der Waals surface area contributed by atoms with Crippen molar-refractivity contribution in [3.05, 3.63) is 93.9 Å². The molecule has 12 heteroatoms. The molecule has 0 aliphatic carbocycles. The molecule has 3 aromatic carbocycles. The maximum Gasteiger partial charge on any atom is 2.00 e. The maximum atomic E-state index is 5.87. The minimum absolute atomic E-state index is 0. The Balaban J connectivity index is -0.000000237. The molecule has 3 aromatic rings. The minimum Gasteiger partial charge on any atom is -1.00 e. The largest absolute Gasteiger partial charge is 2.00 e. The van der Waals surface area contributed by atoms with Crippen LogP contribution in [0.5, 0.6) is 0 Å². The summed E-state index contributed by atoms with van der Waals surface area (Å²) in [5, 5.41) is 2.21. The van der Waals surface area contributed by atoms with E-state index in [1.165, 1.54) is 34.2 Å². The summed E-state index contributed by atoms with van der Waals surface area (Å²) < 4.78 is 24.3. The summed E-state index contributed by atoms with van der Waals surface area (Å²) >= 11 is 17.3. The van der Waals surface area contributed by atoms with E-state index in [2.05, 4.69) is 20.0 Å². The fraction of sp³-hybridized carbons (Fsp3) is 0.357. The van der Waals surface area contributed by atoms with Crippen LogP contribution in [0, 0.1) is 6.07 Å². The van der Waals surface area contributed by atoms with Crippen molar-refractivity contribution in [1.29, 1.82) is 0 Å². The third kappa shape index (κ3) is 21.4. The molecule has 5 nitrogen and oxygen atoms in total. The monoisotopic (exact) mass is 686 g/mol. The molecule has 0 unspecified atom stereocenters. The van der Waals surface area contributed by atoms with E-state index in [1.807, 2.05) is 48.5 Å². The zero-order valence-corrected chi connectivity index (χ0v) is 27.4. The summed E-state index contributed by atoms with van der Waals surface area (Å²) in [5.74, 6) is 0. The first-order chi connectivity index (χ1) is 17.4. The quantitative estimate of drug-likeness (QED) is 0.294. The van der Waals surface area contributed by atoms with Crippen LogP contribution in [0.1, 0.15) is 27.7 Å². The molecule has 0 amide bonds. The summed E-state index contributed by atoms with van der Waals surface area (Å²) in [5.41, 5.74) is 2.14. The SMILES string of the molecule is C.C.C1CCOC1.COB(OC)OC.COB(c1ccc(Cl)cc1)c1ccc(Cl)cc1.Clc1cc[c-]cc1.[Br-].[Mg+2]. The van der Waals surface area contributed by atoms with Gasteiger partial charge in [0.25, 0.3) is 0 Å². The minimum atomic E-state index is -0.514. The van der Waals surface area contributed by atoms with Gasteiger partial charge >= 0.3 is 37.3 Å². The molecule has 4 rings (SSSR count). The Bertz CT molecular complexity index is 867. The van der Waals surface area contributed by atoms with Gasteiger partial charge in [-0.15, -0.1) is 11.6 Å². The van der Waals surface area contributed by atoms with Crippen molar-refractivity contribution in [3.8, 4) is 0 Å². The molecule has 0 atom stereocenters. The van der Waals surface area contributed by atoms with Crippen molar-refractivity contribution >= 4 is 83.0 Å². The standard InChI is InChI=1S/C13H11BCl2O.C6H4Cl.C4H8O.C3H9BO3.2CH4.BrH.Mg/c1-17-14(10-2-6-12(15)7-3-10)11-4-8-13(16)9-5-11;7-6-4-2-1-3-5-6;1-2-4-5-3-1;1-5-4(6-2)7-3;;;;/h2-9H,1H3;2-5H;1-4H2;1-3H3;2*1H4;1H;/q;-1;;;;;;+2/p-1. The fourth-order valence-corrected chi connectivity index (χ4v) is 3.28. The van der Waals surface area contributed by atoms with Gasteiger partial charge in [-0.25, -0.2) is 0 Å². The van der Waals surface area contributed by atoms with E-state index in [0.29, 0.717) is 0 Å². The van der Waals surface area contributed by atoms with Gasteiger partial charge in [-0.3, -0.25) is 0 Å². The first-order valence-corrected chi connectivity index (χ1v) is 12.4. The molecular formula is C28H40B2BrCl3MgO5. The van der Waals surface area contributed by atoms with Crippen LogP contribution in [0.25, 0.3) is 0 Å². The number of benzene rings is 3. The third-order valence-electron chi connectivity index (χ3n) is 4.66. The maximum absolute atomic E-state index is 5.87. The predicted octanol–water partition coefficient (Wildman–Crippen LogP) is 3.49. The molecule has 0 aromatic heterocycles. The van der Waals surface area contributed by atoms with Gasteiger partial charge in [0.2, 0.25) is 0 Å². The number of hydrogen-bond acceptors (Lipinski definition) is 5. The summed E-state index contributed by atoms with van der Waals surface area (Å²) in [6.45, 7) is 1.91. The van der Waals surface area contributed by atoms with Crippen molar-refractivity contribution in [1.82, 2.24) is 0 Å². The van der Waals surface area contributed by atoms with E-state index in [1.54, 1.807) is 31.4 Å². The summed E-state index contributed by atoms with van der Waals surface area (Å²) in [6.07, 6.45) is 2.56. The average Bonchev–Trinajstić information content (AvgIpc) is 3.50. The molecule has 1 fully saturated rings. The number of ether oxygens (including phenoxy) is 1. The van der Waals surface area contributed by atoms with Crippen LogP contribution in [0.2, 0.25) is 15.1 Å². The first kappa shape index (κ1) is 46.7. The van der Waals surface area contributed by atoms with E-state index in [4.69, 9.17) is 44.2 Å². The van der Waals surface area contributed by atoms with E-state index < -0.39 is 7.32 Å². The van der Waals surface area contributed by atoms with Crippen LogP contribution in [0.4, 0.5) is 0 Å². The smallest absolute Gasteiger partial charge is 1.00 e. The first-order valence-electron chi connectivity index (χ1n) is 11.3. The van der Waals surface area contributed by atoms with Gasteiger partial charge in [0.1, 0.15) is 0 Å². The van der Waals surface area contributed by atoms with Gasteiger partial charge < -0.3 is 40.3 Å². The van der Waals surface area contributed by atoms with Crippen molar-refractivity contribution in [3.63, 3.8) is 0 Å². The molecule has 1 aliphatic rings. The van der Waals surface area contributed by atoms with Crippen molar-refractivity contribution in [2.75, 3.05) is 41.7 Å². The summed E-state index contributed by atoms with van der Waals surface area (Å²) in [6, 6.07) is 25.3. The molecule has 0 N–H and O–H groups in total. The van der Waals surface area contributed by atoms with Gasteiger partial charge in [-0.05, 0) is 48.0 Å². The van der Waals surface area contributed by atoms with E-state index in [0.717, 1.165) is 39.2 Å². The molecule has 218 valence electrons. The Labute approximate surface area is 284 Å². The Morgan fingerprint density at radius 2 is 0.975 bits per heavy atom. The Morgan fingerprint density at radius 3 is 1.18 bits per heavy atom. The number of hydrogen-bond donors (Lipinski definition) is 0. The van der Waals surface area contributed by atoms with Crippen LogP contribution in [0.3, 0.4) is 0 Å². The normalized spacial score (nSPS) is 10.5. The molecule has 1 saturated heterocycles. The van der Waals surface area contributed by atoms with Gasteiger partial charge in [0.15, 0.2) is 0 Å². The predicted molar refractivity (Wildman–Crippen MR) is 171 cm³/mol. The molecule has 0 radical (unpaired) electrons. The summed E-state index contributed by atoms with van der Waals surface area (Å²) in [7, 11) is 5.71. The van der Waals surface area contributed by atoms with Crippen LogP contribution >= 0.6 is 34.8 Å². The Kier molecular flexibility index (Phi) is 35.2. The Hall–Kier alpha value is -0.294.